The number of rotatable bonds is 6. The van der Waals surface area contributed by atoms with Gasteiger partial charge in [-0.2, -0.15) is 10.2 Å². The number of nitrogen functional groups attached to an aromatic ring is 1. The number of carbonyl (C=O) groups is 2. The van der Waals surface area contributed by atoms with Gasteiger partial charge in [0, 0.05) is 23.4 Å². The van der Waals surface area contributed by atoms with E-state index in [2.05, 4.69) is 32.5 Å². The molecule has 1 fully saturated rings. The molecule has 0 radical (unpaired) electrons. The molecule has 4 aromatic rings. The molecule has 2 amide bonds. The average Bonchev–Trinajstić information content (AvgIpc) is 3.34. The van der Waals surface area contributed by atoms with Gasteiger partial charge in [-0.3, -0.25) is 14.4 Å². The van der Waals surface area contributed by atoms with E-state index in [0.717, 1.165) is 19.4 Å². The van der Waals surface area contributed by atoms with Crippen molar-refractivity contribution < 1.29 is 14.3 Å². The molecule has 0 aliphatic carbocycles. The topological polar surface area (TPSA) is 157 Å². The molecule has 1 aliphatic rings. The molecule has 11 heteroatoms. The third-order valence-electron chi connectivity index (χ3n) is 6.12. The van der Waals surface area contributed by atoms with Crippen LogP contribution in [0.5, 0.6) is 0 Å². The summed E-state index contributed by atoms with van der Waals surface area (Å²) in [5.74, 6) is -0.399. The van der Waals surface area contributed by atoms with Crippen molar-refractivity contribution in [2.75, 3.05) is 24.3 Å². The van der Waals surface area contributed by atoms with Crippen LogP contribution in [-0.2, 0) is 9.53 Å². The fraction of sp³-hybridized carbons (Fsp3) is 0.192. The largest absolute Gasteiger partial charge is 0.382 e. The predicted octanol–water partition coefficient (Wildman–Crippen LogP) is 2.39. The number of amides is 2. The maximum atomic E-state index is 12.7. The molecule has 11 nitrogen and oxygen atoms in total. The number of nitrogens with zero attached hydrogens (tertiary/aromatic N) is 3. The highest BCUT2D eigenvalue weighted by molar-refractivity contribution is 6.01. The van der Waals surface area contributed by atoms with E-state index in [1.807, 2.05) is 0 Å². The fourth-order valence-corrected chi connectivity index (χ4v) is 4.27. The lowest BCUT2D eigenvalue weighted by Crippen LogP contribution is -2.40. The van der Waals surface area contributed by atoms with Gasteiger partial charge in [0.1, 0.15) is 0 Å². The Hall–Kier alpha value is -4.77. The van der Waals surface area contributed by atoms with E-state index in [4.69, 9.17) is 10.5 Å². The van der Waals surface area contributed by atoms with Crippen LogP contribution in [-0.4, -0.2) is 51.0 Å². The van der Waals surface area contributed by atoms with Gasteiger partial charge in [-0.1, -0.05) is 18.7 Å². The van der Waals surface area contributed by atoms with Crippen molar-refractivity contribution in [3.63, 3.8) is 0 Å². The Balaban J connectivity index is 1.53. The van der Waals surface area contributed by atoms with Crippen molar-refractivity contribution in [3.8, 4) is 16.9 Å². The van der Waals surface area contributed by atoms with Crippen molar-refractivity contribution in [2.24, 2.45) is 0 Å². The first-order valence-electron chi connectivity index (χ1n) is 11.7. The maximum absolute atomic E-state index is 12.7. The van der Waals surface area contributed by atoms with Crippen molar-refractivity contribution in [2.45, 2.75) is 18.9 Å². The molecule has 188 valence electrons. The number of hydrogen-bond acceptors (Lipinski definition) is 7. The minimum Gasteiger partial charge on any atom is -0.382 e. The first kappa shape index (κ1) is 23.9. The van der Waals surface area contributed by atoms with E-state index in [0.29, 0.717) is 40.2 Å². The number of carbonyl (C=O) groups excluding carboxylic acids is 2. The van der Waals surface area contributed by atoms with Gasteiger partial charge in [-0.25, -0.2) is 9.78 Å². The van der Waals surface area contributed by atoms with E-state index >= 15 is 0 Å². The highest BCUT2D eigenvalue weighted by Gasteiger charge is 2.21. The average molecular weight is 500 g/mol. The summed E-state index contributed by atoms with van der Waals surface area (Å²) in [5, 5.41) is 16.9. The molecule has 5 rings (SSSR count). The number of aromatic nitrogens is 4. The van der Waals surface area contributed by atoms with Crippen molar-refractivity contribution in [3.05, 3.63) is 77.1 Å². The molecule has 5 N–H and O–H groups in total. The van der Waals surface area contributed by atoms with Crippen LogP contribution in [0.15, 0.2) is 66.0 Å². The van der Waals surface area contributed by atoms with Crippen molar-refractivity contribution in [1.82, 2.24) is 25.3 Å². The summed E-state index contributed by atoms with van der Waals surface area (Å²) in [6.07, 6.45) is 2.98. The molecule has 3 heterocycles. The van der Waals surface area contributed by atoms with Crippen LogP contribution >= 0.6 is 0 Å². The Bertz CT molecular complexity index is 1530. The smallest absolute Gasteiger partial charge is 0.292 e. The summed E-state index contributed by atoms with van der Waals surface area (Å²) in [7, 11) is 0. The van der Waals surface area contributed by atoms with Crippen LogP contribution in [0.4, 0.5) is 11.5 Å². The van der Waals surface area contributed by atoms with Gasteiger partial charge in [-0.15, -0.1) is 0 Å². The number of nitrogens with one attached hydrogen (secondary N) is 3. The maximum Gasteiger partial charge on any atom is 0.292 e. The molecular formula is C26H25N7O4. The molecule has 1 atom stereocenters. The fourth-order valence-electron chi connectivity index (χ4n) is 4.27. The Morgan fingerprint density at radius 1 is 1.16 bits per heavy atom. The summed E-state index contributed by atoms with van der Waals surface area (Å²) < 4.78 is 7.03. The third-order valence-corrected chi connectivity index (χ3v) is 6.12. The Kier molecular flexibility index (Phi) is 6.52. The van der Waals surface area contributed by atoms with Gasteiger partial charge in [0.15, 0.2) is 11.3 Å². The molecule has 2 aromatic carbocycles. The first-order chi connectivity index (χ1) is 17.9. The number of anilines is 2. The number of fused-ring (bicyclic) bond motifs is 1. The number of nitrogens with two attached hydrogens (primary N) is 1. The molecular weight excluding hydrogens is 474 g/mol. The minimum absolute atomic E-state index is 0.0110. The highest BCUT2D eigenvalue weighted by Crippen LogP contribution is 2.33. The Morgan fingerprint density at radius 3 is 2.59 bits per heavy atom. The zero-order chi connectivity index (χ0) is 25.9. The molecule has 37 heavy (non-hydrogen) atoms. The van der Waals surface area contributed by atoms with Crippen LogP contribution < -0.4 is 21.9 Å². The van der Waals surface area contributed by atoms with Crippen LogP contribution in [0, 0.1) is 0 Å². The molecule has 1 saturated heterocycles. The van der Waals surface area contributed by atoms with E-state index in [-0.39, 0.29) is 29.2 Å². The lowest BCUT2D eigenvalue weighted by atomic mass is 10.0. The van der Waals surface area contributed by atoms with Crippen molar-refractivity contribution >= 4 is 34.2 Å². The molecule has 2 aromatic heterocycles. The molecule has 1 aliphatic heterocycles. The summed E-state index contributed by atoms with van der Waals surface area (Å²) >= 11 is 0. The monoisotopic (exact) mass is 499 g/mol. The summed E-state index contributed by atoms with van der Waals surface area (Å²) in [5.41, 5.74) is 8.73. The molecule has 0 saturated carbocycles. The third kappa shape index (κ3) is 4.84. The second-order valence-corrected chi connectivity index (χ2v) is 8.63. The first-order valence-corrected chi connectivity index (χ1v) is 11.7. The molecule has 0 spiro atoms. The number of aromatic amines is 1. The van der Waals surface area contributed by atoms with Gasteiger partial charge in [0.2, 0.25) is 5.91 Å². The van der Waals surface area contributed by atoms with Gasteiger partial charge in [0.05, 0.1) is 29.4 Å². The Labute approximate surface area is 211 Å². The quantitative estimate of drug-likeness (QED) is 0.297. The number of ether oxygens (including phenoxy) is 1. The van der Waals surface area contributed by atoms with E-state index in [9.17, 15) is 14.4 Å². The lowest BCUT2D eigenvalue weighted by Gasteiger charge is -2.23. The SMILES string of the molecule is C=CC(=O)Nc1ccc(-n2nc3c(=O)[nH]nc(N)c3c2-c2ccc(C(=O)NC3CCCOC3)cc2)cc1. The number of hydrogen-bond donors (Lipinski definition) is 4. The van der Waals surface area contributed by atoms with Crippen LogP contribution in [0.25, 0.3) is 27.8 Å². The van der Waals surface area contributed by atoms with Crippen molar-refractivity contribution in [1.29, 1.82) is 0 Å². The predicted molar refractivity (Wildman–Crippen MR) is 139 cm³/mol. The second kappa shape index (κ2) is 10.1. The summed E-state index contributed by atoms with van der Waals surface area (Å²) in [6.45, 7) is 4.67. The standard InChI is InChI=1S/C26H25N7O4/c1-2-20(34)28-17-9-11-19(12-10-17)33-23(21-22(32-33)26(36)31-30-24(21)27)15-5-7-16(8-6-15)25(35)29-18-4-3-13-37-14-18/h2,5-12,18H,1,3-4,13-14H2,(H2,27,30)(H,28,34)(H,29,35)(H,31,36). The number of benzene rings is 2. The van der Waals surface area contributed by atoms with Crippen LogP contribution in [0.1, 0.15) is 23.2 Å². The highest BCUT2D eigenvalue weighted by atomic mass is 16.5. The van der Waals surface area contributed by atoms with Gasteiger partial charge < -0.3 is 21.1 Å². The molecule has 0 bridgehead atoms. The normalized spacial score (nSPS) is 15.3. The second-order valence-electron chi connectivity index (χ2n) is 8.63. The van der Waals surface area contributed by atoms with Gasteiger partial charge >= 0.3 is 0 Å². The zero-order valence-electron chi connectivity index (χ0n) is 19.9. The summed E-state index contributed by atoms with van der Waals surface area (Å²) in [4.78, 5) is 36.9. The van der Waals surface area contributed by atoms with Gasteiger partial charge in [0.25, 0.3) is 11.5 Å². The Morgan fingerprint density at radius 2 is 1.92 bits per heavy atom. The minimum atomic E-state index is -0.482. The van der Waals surface area contributed by atoms with Crippen LogP contribution in [0.2, 0.25) is 0 Å². The number of H-pyrrole nitrogens is 1. The zero-order valence-corrected chi connectivity index (χ0v) is 19.9. The molecule has 1 unspecified atom stereocenters. The van der Waals surface area contributed by atoms with Crippen LogP contribution in [0.3, 0.4) is 0 Å². The van der Waals surface area contributed by atoms with Gasteiger partial charge in [-0.05, 0) is 55.3 Å². The lowest BCUT2D eigenvalue weighted by molar-refractivity contribution is -0.111. The van der Waals surface area contributed by atoms with E-state index in [1.54, 1.807) is 53.2 Å². The van der Waals surface area contributed by atoms with E-state index < -0.39 is 5.56 Å². The summed E-state index contributed by atoms with van der Waals surface area (Å²) in [6, 6.07) is 13.9. The van der Waals surface area contributed by atoms with E-state index in [1.165, 1.54) is 6.08 Å².